The first-order valence-electron chi connectivity index (χ1n) is 8.57. The molecule has 3 rings (SSSR count). The minimum atomic E-state index is -3.61. The van der Waals surface area contributed by atoms with Gasteiger partial charge in [0.1, 0.15) is 6.61 Å². The summed E-state index contributed by atoms with van der Waals surface area (Å²) in [5, 5.41) is 0. The smallest absolute Gasteiger partial charge is 0.410 e. The molecule has 1 aromatic rings. The predicted molar refractivity (Wildman–Crippen MR) is 95.2 cm³/mol. The van der Waals surface area contributed by atoms with Gasteiger partial charge in [-0.25, -0.2) is 13.2 Å². The molecule has 0 spiro atoms. The number of hydrogen-bond donors (Lipinski definition) is 0. The first kappa shape index (κ1) is 18.2. The number of ether oxygens (including phenoxy) is 1. The lowest BCUT2D eigenvalue weighted by Crippen LogP contribution is -2.53. The van der Waals surface area contributed by atoms with Crippen molar-refractivity contribution in [2.24, 2.45) is 0 Å². The Morgan fingerprint density at radius 2 is 1.84 bits per heavy atom. The lowest BCUT2D eigenvalue weighted by atomic mass is 9.85. The molecule has 1 aromatic carbocycles. The fourth-order valence-corrected chi connectivity index (χ4v) is 5.14. The van der Waals surface area contributed by atoms with Gasteiger partial charge in [0, 0.05) is 19.6 Å². The summed E-state index contributed by atoms with van der Waals surface area (Å²) in [6, 6.07) is 3.68. The van der Waals surface area contributed by atoms with Crippen LogP contribution < -0.4 is 0 Å². The summed E-state index contributed by atoms with van der Waals surface area (Å²) in [5.41, 5.74) is 2.64. The average molecular weight is 366 g/mol. The van der Waals surface area contributed by atoms with Crippen LogP contribution in [0.3, 0.4) is 0 Å². The first-order valence-corrected chi connectivity index (χ1v) is 10.0. The largest absolute Gasteiger partial charge is 0.447 e. The molecule has 0 bridgehead atoms. The molecule has 2 heterocycles. The molecule has 1 unspecified atom stereocenters. The number of cyclic esters (lactones) is 1. The zero-order valence-electron chi connectivity index (χ0n) is 15.5. The fraction of sp³-hybridized carbons (Fsp3) is 0.611. The Labute approximate surface area is 149 Å². The van der Waals surface area contributed by atoms with E-state index < -0.39 is 10.0 Å². The van der Waals surface area contributed by atoms with Crippen LogP contribution in [0, 0.1) is 13.8 Å². The molecule has 0 radical (unpaired) electrons. The summed E-state index contributed by atoms with van der Waals surface area (Å²) in [6.07, 6.45) is -0.344. The maximum absolute atomic E-state index is 13.3. The summed E-state index contributed by atoms with van der Waals surface area (Å²) in [5.74, 6) is 0. The van der Waals surface area contributed by atoms with Crippen LogP contribution in [0.2, 0.25) is 0 Å². The second-order valence-electron chi connectivity index (χ2n) is 7.95. The first-order chi connectivity index (χ1) is 11.5. The van der Waals surface area contributed by atoms with Gasteiger partial charge in [-0.2, -0.15) is 4.31 Å². The van der Waals surface area contributed by atoms with Crippen LogP contribution in [0.5, 0.6) is 0 Å². The van der Waals surface area contributed by atoms with Gasteiger partial charge in [0.2, 0.25) is 10.0 Å². The molecule has 1 atom stereocenters. The van der Waals surface area contributed by atoms with Crippen molar-refractivity contribution in [2.75, 3.05) is 26.2 Å². The number of carbonyl (C=O) groups excluding carboxylic acids is 1. The van der Waals surface area contributed by atoms with Gasteiger partial charge in [-0.3, -0.25) is 4.90 Å². The normalized spacial score (nSPS) is 22.0. The standard InChI is InChI=1S/C18H26N2O4S/c1-12-8-14(18(3,4)5)9-16(13(12)2)25(22,23)19-6-7-20-15(10-19)11-24-17(20)21/h8-9,15H,6-7,10-11H2,1-5H3. The van der Waals surface area contributed by atoms with Crippen molar-refractivity contribution in [1.82, 2.24) is 9.21 Å². The number of sulfonamides is 1. The summed E-state index contributed by atoms with van der Waals surface area (Å²) < 4.78 is 33.1. The lowest BCUT2D eigenvalue weighted by molar-refractivity contribution is 0.147. The van der Waals surface area contributed by atoms with Gasteiger partial charge in [-0.1, -0.05) is 26.8 Å². The molecule has 0 N–H and O–H groups in total. The number of piperazine rings is 1. The number of fused-ring (bicyclic) bond motifs is 1. The van der Waals surface area contributed by atoms with Crippen LogP contribution in [0.4, 0.5) is 4.79 Å². The van der Waals surface area contributed by atoms with Gasteiger partial charge in [-0.05, 0) is 42.0 Å². The third-order valence-electron chi connectivity index (χ3n) is 5.18. The van der Waals surface area contributed by atoms with Crippen LogP contribution in [-0.4, -0.2) is 56.0 Å². The maximum atomic E-state index is 13.3. The minimum Gasteiger partial charge on any atom is -0.447 e. The van der Waals surface area contributed by atoms with Crippen molar-refractivity contribution in [3.8, 4) is 0 Å². The predicted octanol–water partition coefficient (Wildman–Crippen LogP) is 2.43. The summed E-state index contributed by atoms with van der Waals surface area (Å²) in [6.45, 7) is 11.2. The highest BCUT2D eigenvalue weighted by Crippen LogP contribution is 2.31. The van der Waals surface area contributed by atoms with E-state index in [0.717, 1.165) is 16.7 Å². The summed E-state index contributed by atoms with van der Waals surface area (Å²) in [4.78, 5) is 13.6. The third-order valence-corrected chi connectivity index (χ3v) is 7.17. The van der Waals surface area contributed by atoms with Crippen molar-refractivity contribution in [1.29, 1.82) is 0 Å². The van der Waals surface area contributed by atoms with Crippen LogP contribution in [-0.2, 0) is 20.2 Å². The zero-order valence-corrected chi connectivity index (χ0v) is 16.3. The summed E-state index contributed by atoms with van der Waals surface area (Å²) in [7, 11) is -3.61. The van der Waals surface area contributed by atoms with Crippen molar-refractivity contribution in [3.05, 3.63) is 28.8 Å². The van der Waals surface area contributed by atoms with E-state index in [1.54, 1.807) is 11.0 Å². The molecule has 0 saturated carbocycles. The van der Waals surface area contributed by atoms with Crippen molar-refractivity contribution < 1.29 is 17.9 Å². The number of nitrogens with zero attached hydrogens (tertiary/aromatic N) is 2. The minimum absolute atomic E-state index is 0.132. The van der Waals surface area contributed by atoms with Crippen LogP contribution in [0.25, 0.3) is 0 Å². The Bertz CT molecular complexity index is 811. The van der Waals surface area contributed by atoms with E-state index in [9.17, 15) is 13.2 Å². The highest BCUT2D eigenvalue weighted by molar-refractivity contribution is 7.89. The van der Waals surface area contributed by atoms with E-state index in [-0.39, 0.29) is 30.7 Å². The van der Waals surface area contributed by atoms with Crippen molar-refractivity contribution in [3.63, 3.8) is 0 Å². The summed E-state index contributed by atoms with van der Waals surface area (Å²) >= 11 is 0. The van der Waals surface area contributed by atoms with Crippen LogP contribution >= 0.6 is 0 Å². The number of benzene rings is 1. The van der Waals surface area contributed by atoms with Gasteiger partial charge in [0.05, 0.1) is 10.9 Å². The molecular weight excluding hydrogens is 340 g/mol. The second-order valence-corrected chi connectivity index (χ2v) is 9.86. The number of amides is 1. The van der Waals surface area contributed by atoms with Gasteiger partial charge in [0.15, 0.2) is 0 Å². The highest BCUT2D eigenvalue weighted by atomic mass is 32.2. The molecule has 2 saturated heterocycles. The Morgan fingerprint density at radius 3 is 2.48 bits per heavy atom. The Morgan fingerprint density at radius 1 is 1.16 bits per heavy atom. The molecule has 1 amide bonds. The second kappa shape index (κ2) is 5.99. The number of aryl methyl sites for hydroxylation is 1. The van der Waals surface area contributed by atoms with E-state index >= 15 is 0 Å². The Balaban J connectivity index is 1.98. The third kappa shape index (κ3) is 3.15. The molecule has 7 heteroatoms. The van der Waals surface area contributed by atoms with Gasteiger partial charge in [0.25, 0.3) is 0 Å². The molecule has 0 aromatic heterocycles. The maximum Gasteiger partial charge on any atom is 0.410 e. The zero-order chi connectivity index (χ0) is 18.6. The van der Waals surface area contributed by atoms with E-state index in [1.165, 1.54) is 4.31 Å². The molecule has 2 aliphatic rings. The monoisotopic (exact) mass is 366 g/mol. The fourth-order valence-electron chi connectivity index (χ4n) is 3.35. The molecule has 2 fully saturated rings. The van der Waals surface area contributed by atoms with E-state index in [0.29, 0.717) is 18.0 Å². The molecule has 138 valence electrons. The van der Waals surface area contributed by atoms with Gasteiger partial charge in [-0.15, -0.1) is 0 Å². The Kier molecular flexibility index (Phi) is 4.36. The molecule has 0 aliphatic carbocycles. The molecular formula is C18H26N2O4S. The molecule has 6 nitrogen and oxygen atoms in total. The van der Waals surface area contributed by atoms with Gasteiger partial charge >= 0.3 is 6.09 Å². The SMILES string of the molecule is Cc1cc(C(C)(C)C)cc(S(=O)(=O)N2CCN3C(=O)OCC3C2)c1C. The van der Waals surface area contributed by atoms with Crippen LogP contribution in [0.1, 0.15) is 37.5 Å². The quantitative estimate of drug-likeness (QED) is 0.806. The van der Waals surface area contributed by atoms with E-state index in [2.05, 4.69) is 26.8 Å². The van der Waals surface area contributed by atoms with Crippen LogP contribution in [0.15, 0.2) is 17.0 Å². The molecule has 25 heavy (non-hydrogen) atoms. The van der Waals surface area contributed by atoms with E-state index in [1.807, 2.05) is 13.8 Å². The number of rotatable bonds is 2. The number of carbonyl (C=O) groups is 1. The Hall–Kier alpha value is -1.60. The van der Waals surface area contributed by atoms with Gasteiger partial charge < -0.3 is 4.74 Å². The highest BCUT2D eigenvalue weighted by Gasteiger charge is 2.41. The average Bonchev–Trinajstić information content (AvgIpc) is 2.89. The lowest BCUT2D eigenvalue weighted by Gasteiger charge is -2.35. The van der Waals surface area contributed by atoms with E-state index in [4.69, 9.17) is 4.74 Å². The topological polar surface area (TPSA) is 66.9 Å². The molecule has 2 aliphatic heterocycles. The van der Waals surface area contributed by atoms with Crippen molar-refractivity contribution >= 4 is 16.1 Å². The number of hydrogen-bond acceptors (Lipinski definition) is 4. The van der Waals surface area contributed by atoms with Crippen molar-refractivity contribution in [2.45, 2.75) is 51.0 Å².